The van der Waals surface area contributed by atoms with Gasteiger partial charge in [-0.15, -0.1) is 0 Å². The molecule has 1 atom stereocenters. The molecule has 1 saturated heterocycles. The Labute approximate surface area is 179 Å². The highest BCUT2D eigenvalue weighted by Gasteiger charge is 2.32. The second-order valence-electron chi connectivity index (χ2n) is 6.92. The molecule has 0 bridgehead atoms. The number of hydrogen-bond acceptors (Lipinski definition) is 7. The first-order valence-electron chi connectivity index (χ1n) is 9.77. The molecule has 1 aromatic carbocycles. The van der Waals surface area contributed by atoms with Crippen molar-refractivity contribution < 1.29 is 31.6 Å². The highest BCUT2D eigenvalue weighted by molar-refractivity contribution is 7.91. The predicted octanol–water partition coefficient (Wildman–Crippen LogP) is 0.498. The molecule has 9 nitrogen and oxygen atoms in total. The molecule has 168 valence electrons. The van der Waals surface area contributed by atoms with Crippen LogP contribution in [0.4, 0.5) is 4.39 Å². The van der Waals surface area contributed by atoms with Crippen molar-refractivity contribution in [2.45, 2.75) is 10.1 Å². The van der Waals surface area contributed by atoms with Gasteiger partial charge in [-0.2, -0.15) is 0 Å². The van der Waals surface area contributed by atoms with Crippen molar-refractivity contribution in [1.29, 1.82) is 0 Å². The van der Waals surface area contributed by atoms with E-state index in [1.54, 1.807) is 0 Å². The fourth-order valence-corrected chi connectivity index (χ4v) is 4.71. The Morgan fingerprint density at radius 2 is 1.74 bits per heavy atom. The molecule has 3 rings (SSSR count). The summed E-state index contributed by atoms with van der Waals surface area (Å²) in [7, 11) is -4.02. The molecule has 1 fully saturated rings. The molecular weight excluding hydrogens is 429 g/mol. The normalized spacial score (nSPS) is 15.9. The number of rotatable bonds is 8. The number of sulfone groups is 1. The summed E-state index contributed by atoms with van der Waals surface area (Å²) in [6.07, 6.45) is 1.31. The molecule has 0 spiro atoms. The Morgan fingerprint density at radius 1 is 1.06 bits per heavy atom. The van der Waals surface area contributed by atoms with Crippen LogP contribution in [0.1, 0.15) is 11.0 Å². The number of nitrogens with zero attached hydrogens (tertiary/aromatic N) is 1. The van der Waals surface area contributed by atoms with E-state index < -0.39 is 32.7 Å². The summed E-state index contributed by atoms with van der Waals surface area (Å²) in [5.41, 5.74) is 0. The number of carbonyl (C=O) groups is 2. The molecule has 0 radical (unpaired) electrons. The summed E-state index contributed by atoms with van der Waals surface area (Å²) in [5, 5.41) is 3.59. The van der Waals surface area contributed by atoms with Gasteiger partial charge in [-0.1, -0.05) is 0 Å². The first kappa shape index (κ1) is 22.9. The maximum Gasteiger partial charge on any atom is 0.309 e. The van der Waals surface area contributed by atoms with Crippen LogP contribution in [-0.2, 0) is 24.2 Å². The van der Waals surface area contributed by atoms with E-state index in [4.69, 9.17) is 9.15 Å². The number of morpholine rings is 1. The molecule has 0 aliphatic carbocycles. The van der Waals surface area contributed by atoms with Crippen molar-refractivity contribution in [3.63, 3.8) is 0 Å². The lowest BCUT2D eigenvalue weighted by Gasteiger charge is -2.26. The van der Waals surface area contributed by atoms with E-state index in [-0.39, 0.29) is 23.7 Å². The average molecular weight is 453 g/mol. The molecular formula is C20H24FN3O6S. The molecule has 0 unspecified atom stereocenters. The minimum Gasteiger partial charge on any atom is -0.468 e. The first-order valence-corrected chi connectivity index (χ1v) is 11.3. The van der Waals surface area contributed by atoms with Crippen molar-refractivity contribution in [3.05, 3.63) is 54.2 Å². The summed E-state index contributed by atoms with van der Waals surface area (Å²) >= 11 is 0. The summed E-state index contributed by atoms with van der Waals surface area (Å²) in [4.78, 5) is 26.2. The van der Waals surface area contributed by atoms with Crippen LogP contribution in [0, 0.1) is 5.82 Å². The van der Waals surface area contributed by atoms with E-state index in [2.05, 4.69) is 15.5 Å². The second kappa shape index (κ2) is 10.5. The summed E-state index contributed by atoms with van der Waals surface area (Å²) in [6, 6.07) is 7.32. The van der Waals surface area contributed by atoms with E-state index in [1.807, 2.05) is 0 Å². The Bertz CT molecular complexity index is 973. The standard InChI is InChI=1S/C20H24FN3O6S/c21-15-3-5-16(6-4-15)31(27,28)18(17-2-1-11-30-17)14-23-20(26)19(25)22-7-8-24-9-12-29-13-10-24/h1-6,11,18H,7-10,12-14H2,(H,22,25)(H,23,26)/t18-/m1/s1. The molecule has 2 aromatic rings. The van der Waals surface area contributed by atoms with E-state index in [0.29, 0.717) is 19.8 Å². The quantitative estimate of drug-likeness (QED) is 0.441. The highest BCUT2D eigenvalue weighted by Crippen LogP contribution is 2.29. The number of furan rings is 1. The topological polar surface area (TPSA) is 118 Å². The van der Waals surface area contributed by atoms with Crippen molar-refractivity contribution in [2.24, 2.45) is 0 Å². The van der Waals surface area contributed by atoms with E-state index in [0.717, 1.165) is 37.4 Å². The molecule has 2 heterocycles. The molecule has 1 aliphatic rings. The molecule has 31 heavy (non-hydrogen) atoms. The Morgan fingerprint density at radius 3 is 2.39 bits per heavy atom. The van der Waals surface area contributed by atoms with Crippen LogP contribution >= 0.6 is 0 Å². The average Bonchev–Trinajstić information content (AvgIpc) is 3.29. The largest absolute Gasteiger partial charge is 0.468 e. The smallest absolute Gasteiger partial charge is 0.309 e. The first-order chi connectivity index (χ1) is 14.9. The van der Waals surface area contributed by atoms with Crippen LogP contribution in [0.15, 0.2) is 52.0 Å². The van der Waals surface area contributed by atoms with Crippen LogP contribution in [0.2, 0.25) is 0 Å². The van der Waals surface area contributed by atoms with Crippen LogP contribution < -0.4 is 10.6 Å². The van der Waals surface area contributed by atoms with Gasteiger partial charge in [0.15, 0.2) is 9.84 Å². The van der Waals surface area contributed by atoms with Gasteiger partial charge < -0.3 is 19.8 Å². The van der Waals surface area contributed by atoms with Crippen molar-refractivity contribution >= 4 is 21.7 Å². The third-order valence-corrected chi connectivity index (χ3v) is 6.93. The highest BCUT2D eigenvalue weighted by atomic mass is 32.2. The van der Waals surface area contributed by atoms with Gasteiger partial charge in [-0.05, 0) is 36.4 Å². The van der Waals surface area contributed by atoms with Gasteiger partial charge in [0.25, 0.3) is 0 Å². The van der Waals surface area contributed by atoms with Gasteiger partial charge in [0.1, 0.15) is 16.8 Å². The maximum atomic E-state index is 13.2. The SMILES string of the molecule is O=C(NCCN1CCOCC1)C(=O)NC[C@H](c1ccco1)S(=O)(=O)c1ccc(F)cc1. The molecule has 2 amide bonds. The van der Waals surface area contributed by atoms with Gasteiger partial charge in [0.05, 0.1) is 24.4 Å². The number of ether oxygens (including phenoxy) is 1. The number of carbonyl (C=O) groups excluding carboxylic acids is 2. The van der Waals surface area contributed by atoms with Gasteiger partial charge in [0.2, 0.25) is 0 Å². The van der Waals surface area contributed by atoms with Gasteiger partial charge >= 0.3 is 11.8 Å². The molecule has 1 aromatic heterocycles. The van der Waals surface area contributed by atoms with Crippen molar-refractivity contribution in [1.82, 2.24) is 15.5 Å². The minimum absolute atomic E-state index is 0.0948. The Hall–Kier alpha value is -2.76. The van der Waals surface area contributed by atoms with Crippen molar-refractivity contribution in [3.8, 4) is 0 Å². The third-order valence-electron chi connectivity index (χ3n) is 4.85. The number of nitrogens with one attached hydrogen (secondary N) is 2. The zero-order valence-electron chi connectivity index (χ0n) is 16.8. The van der Waals surface area contributed by atoms with E-state index in [9.17, 15) is 22.4 Å². The van der Waals surface area contributed by atoms with Crippen LogP contribution in [0.5, 0.6) is 0 Å². The second-order valence-corrected chi connectivity index (χ2v) is 9.05. The van der Waals surface area contributed by atoms with Gasteiger partial charge in [-0.3, -0.25) is 14.5 Å². The molecule has 1 aliphatic heterocycles. The van der Waals surface area contributed by atoms with Crippen LogP contribution in [0.3, 0.4) is 0 Å². The van der Waals surface area contributed by atoms with Crippen molar-refractivity contribution in [2.75, 3.05) is 45.9 Å². The fraction of sp³-hybridized carbons (Fsp3) is 0.400. The zero-order valence-corrected chi connectivity index (χ0v) is 17.6. The van der Waals surface area contributed by atoms with Crippen LogP contribution in [0.25, 0.3) is 0 Å². The fourth-order valence-electron chi connectivity index (χ4n) is 3.12. The summed E-state index contributed by atoms with van der Waals surface area (Å²) in [6.45, 7) is 3.25. The summed E-state index contributed by atoms with van der Waals surface area (Å²) < 4.78 is 49.7. The zero-order chi connectivity index (χ0) is 22.3. The van der Waals surface area contributed by atoms with Gasteiger partial charge in [-0.25, -0.2) is 12.8 Å². The molecule has 11 heteroatoms. The predicted molar refractivity (Wildman–Crippen MR) is 108 cm³/mol. The Balaban J connectivity index is 1.59. The lowest BCUT2D eigenvalue weighted by atomic mass is 10.3. The monoisotopic (exact) mass is 453 g/mol. The Kier molecular flexibility index (Phi) is 7.77. The minimum atomic E-state index is -4.02. The lowest BCUT2D eigenvalue weighted by molar-refractivity contribution is -0.139. The van der Waals surface area contributed by atoms with E-state index >= 15 is 0 Å². The number of amides is 2. The summed E-state index contributed by atoms with van der Waals surface area (Å²) in [5.74, 6) is -2.29. The molecule has 0 saturated carbocycles. The van der Waals surface area contributed by atoms with Crippen LogP contribution in [-0.4, -0.2) is 71.1 Å². The van der Waals surface area contributed by atoms with Gasteiger partial charge in [0, 0.05) is 32.7 Å². The third kappa shape index (κ3) is 6.12. The van der Waals surface area contributed by atoms with E-state index in [1.165, 1.54) is 18.4 Å². The maximum absolute atomic E-state index is 13.2. The number of benzene rings is 1. The molecule has 2 N–H and O–H groups in total. The number of halogens is 1. The lowest BCUT2D eigenvalue weighted by Crippen LogP contribution is -2.46. The number of hydrogen-bond donors (Lipinski definition) is 2.